The molecule has 2 saturated heterocycles. The van der Waals surface area contributed by atoms with Crippen molar-refractivity contribution in [2.24, 2.45) is 5.73 Å². The van der Waals surface area contributed by atoms with E-state index in [-0.39, 0.29) is 11.9 Å². The Morgan fingerprint density at radius 3 is 2.80 bits per heavy atom. The van der Waals surface area contributed by atoms with Gasteiger partial charge >= 0.3 is 0 Å². The Labute approximate surface area is 91.4 Å². The summed E-state index contributed by atoms with van der Waals surface area (Å²) in [5.74, 6) is 0.115. The van der Waals surface area contributed by atoms with Crippen molar-refractivity contribution in [3.63, 3.8) is 0 Å². The molecule has 86 valence electrons. The highest BCUT2D eigenvalue weighted by Crippen LogP contribution is 2.21. The molecule has 2 heterocycles. The van der Waals surface area contributed by atoms with Gasteiger partial charge in [0.25, 0.3) is 0 Å². The first-order chi connectivity index (χ1) is 7.18. The molecule has 4 heteroatoms. The van der Waals surface area contributed by atoms with Crippen LogP contribution in [-0.2, 0) is 4.79 Å². The van der Waals surface area contributed by atoms with Crippen molar-refractivity contribution in [3.8, 4) is 0 Å². The van der Waals surface area contributed by atoms with E-state index in [1.165, 1.54) is 19.4 Å². The number of carbonyl (C=O) groups is 1. The molecule has 0 spiro atoms. The fourth-order valence-corrected chi connectivity index (χ4v) is 2.69. The first-order valence-corrected chi connectivity index (χ1v) is 5.97. The highest BCUT2D eigenvalue weighted by atomic mass is 16.2. The summed E-state index contributed by atoms with van der Waals surface area (Å²) in [6.07, 6.45) is 3.61. The first-order valence-electron chi connectivity index (χ1n) is 5.97. The predicted molar refractivity (Wildman–Crippen MR) is 59.4 cm³/mol. The summed E-state index contributed by atoms with van der Waals surface area (Å²) in [6, 6.07) is 0.244. The molecular weight excluding hydrogens is 190 g/mol. The Balaban J connectivity index is 1.99. The zero-order valence-corrected chi connectivity index (χ0v) is 9.48. The minimum atomic E-state index is -0.349. The van der Waals surface area contributed by atoms with Gasteiger partial charge in [-0.05, 0) is 32.7 Å². The molecule has 1 amide bonds. The quantitative estimate of drug-likeness (QED) is 0.666. The van der Waals surface area contributed by atoms with Crippen LogP contribution in [0, 0.1) is 0 Å². The minimum Gasteiger partial charge on any atom is -0.340 e. The largest absolute Gasteiger partial charge is 0.340 e. The van der Waals surface area contributed by atoms with E-state index in [0.29, 0.717) is 6.04 Å². The van der Waals surface area contributed by atoms with E-state index >= 15 is 0 Å². The molecule has 2 fully saturated rings. The third-order valence-electron chi connectivity index (χ3n) is 3.50. The van der Waals surface area contributed by atoms with Crippen LogP contribution in [0.15, 0.2) is 0 Å². The van der Waals surface area contributed by atoms with Gasteiger partial charge in [0.2, 0.25) is 5.91 Å². The number of nitrogens with two attached hydrogens (primary N) is 1. The lowest BCUT2D eigenvalue weighted by molar-refractivity contribution is -0.132. The Kier molecular flexibility index (Phi) is 3.26. The SMILES string of the molecule is C[C@@H](N)C(=O)N1CCCN2CCCC2C1. The van der Waals surface area contributed by atoms with Crippen LogP contribution < -0.4 is 5.73 Å². The van der Waals surface area contributed by atoms with Crippen LogP contribution >= 0.6 is 0 Å². The molecule has 1 unspecified atom stereocenters. The Morgan fingerprint density at radius 1 is 1.33 bits per heavy atom. The lowest BCUT2D eigenvalue weighted by Crippen LogP contribution is -2.45. The van der Waals surface area contributed by atoms with Crippen LogP contribution in [0.4, 0.5) is 0 Å². The molecule has 0 aliphatic carbocycles. The van der Waals surface area contributed by atoms with Gasteiger partial charge in [-0.2, -0.15) is 0 Å². The van der Waals surface area contributed by atoms with E-state index in [1.807, 2.05) is 4.90 Å². The lowest BCUT2D eigenvalue weighted by atomic mass is 10.2. The maximum Gasteiger partial charge on any atom is 0.239 e. The summed E-state index contributed by atoms with van der Waals surface area (Å²) < 4.78 is 0. The van der Waals surface area contributed by atoms with Crippen molar-refractivity contribution in [2.45, 2.75) is 38.3 Å². The van der Waals surface area contributed by atoms with Crippen molar-refractivity contribution >= 4 is 5.91 Å². The van der Waals surface area contributed by atoms with Crippen LogP contribution in [-0.4, -0.2) is 54.0 Å². The highest BCUT2D eigenvalue weighted by molar-refractivity contribution is 5.81. The van der Waals surface area contributed by atoms with Gasteiger partial charge in [0.1, 0.15) is 0 Å². The van der Waals surface area contributed by atoms with Gasteiger partial charge in [-0.1, -0.05) is 0 Å². The molecule has 2 rings (SSSR count). The number of nitrogens with zero attached hydrogens (tertiary/aromatic N) is 2. The van der Waals surface area contributed by atoms with Crippen LogP contribution in [0.5, 0.6) is 0 Å². The summed E-state index contributed by atoms with van der Waals surface area (Å²) in [5, 5.41) is 0. The number of hydrogen-bond acceptors (Lipinski definition) is 3. The van der Waals surface area contributed by atoms with Crippen molar-refractivity contribution in [1.29, 1.82) is 0 Å². The second kappa shape index (κ2) is 4.49. The molecular formula is C11H21N3O. The van der Waals surface area contributed by atoms with E-state index < -0.39 is 0 Å². The predicted octanol–water partition coefficient (Wildman–Crippen LogP) is 0.0303. The Bertz CT molecular complexity index is 242. The molecule has 0 aromatic rings. The van der Waals surface area contributed by atoms with Crippen LogP contribution in [0.2, 0.25) is 0 Å². The zero-order valence-electron chi connectivity index (χ0n) is 9.48. The number of carbonyl (C=O) groups excluding carboxylic acids is 1. The third kappa shape index (κ3) is 2.32. The molecule has 0 saturated carbocycles. The van der Waals surface area contributed by atoms with Crippen molar-refractivity contribution in [1.82, 2.24) is 9.80 Å². The number of hydrogen-bond donors (Lipinski definition) is 1. The number of fused-ring (bicyclic) bond motifs is 1. The van der Waals surface area contributed by atoms with Crippen LogP contribution in [0.3, 0.4) is 0 Å². The minimum absolute atomic E-state index is 0.115. The molecule has 4 nitrogen and oxygen atoms in total. The second-order valence-electron chi connectivity index (χ2n) is 4.76. The second-order valence-corrected chi connectivity index (χ2v) is 4.76. The molecule has 0 aromatic heterocycles. The van der Waals surface area contributed by atoms with Gasteiger partial charge in [0, 0.05) is 25.7 Å². The van der Waals surface area contributed by atoms with E-state index in [1.54, 1.807) is 6.92 Å². The standard InChI is InChI=1S/C11H21N3O/c1-9(12)11(15)14-7-3-6-13-5-2-4-10(13)8-14/h9-10H,2-8,12H2,1H3/t9-,10?/m1/s1. The molecule has 0 bridgehead atoms. The molecule has 2 N–H and O–H groups in total. The number of rotatable bonds is 1. The molecule has 0 aromatic carbocycles. The molecule has 0 radical (unpaired) electrons. The van der Waals surface area contributed by atoms with Gasteiger partial charge in [-0.15, -0.1) is 0 Å². The lowest BCUT2D eigenvalue weighted by Gasteiger charge is -2.26. The summed E-state index contributed by atoms with van der Waals surface area (Å²) >= 11 is 0. The first kappa shape index (κ1) is 10.9. The average Bonchev–Trinajstić information content (AvgIpc) is 2.54. The fraction of sp³-hybridized carbons (Fsp3) is 0.909. The highest BCUT2D eigenvalue weighted by Gasteiger charge is 2.31. The maximum absolute atomic E-state index is 11.8. The van der Waals surface area contributed by atoms with Crippen LogP contribution in [0.25, 0.3) is 0 Å². The van der Waals surface area contributed by atoms with Crippen molar-refractivity contribution in [2.75, 3.05) is 26.2 Å². The third-order valence-corrected chi connectivity index (χ3v) is 3.50. The molecule has 15 heavy (non-hydrogen) atoms. The normalized spacial score (nSPS) is 29.7. The van der Waals surface area contributed by atoms with Gasteiger partial charge in [-0.25, -0.2) is 0 Å². The van der Waals surface area contributed by atoms with E-state index in [0.717, 1.165) is 26.1 Å². The summed E-state index contributed by atoms with van der Waals surface area (Å²) in [7, 11) is 0. The smallest absolute Gasteiger partial charge is 0.239 e. The van der Waals surface area contributed by atoms with E-state index in [4.69, 9.17) is 5.73 Å². The van der Waals surface area contributed by atoms with Gasteiger partial charge in [0.05, 0.1) is 6.04 Å². The van der Waals surface area contributed by atoms with E-state index in [2.05, 4.69) is 4.90 Å². The van der Waals surface area contributed by atoms with Gasteiger partial charge < -0.3 is 10.6 Å². The Morgan fingerprint density at radius 2 is 2.07 bits per heavy atom. The topological polar surface area (TPSA) is 49.6 Å². The maximum atomic E-state index is 11.8. The summed E-state index contributed by atoms with van der Waals surface area (Å²) in [5.41, 5.74) is 5.65. The number of amides is 1. The van der Waals surface area contributed by atoms with Crippen LogP contribution in [0.1, 0.15) is 26.2 Å². The van der Waals surface area contributed by atoms with Gasteiger partial charge in [-0.3, -0.25) is 9.69 Å². The monoisotopic (exact) mass is 211 g/mol. The summed E-state index contributed by atoms with van der Waals surface area (Å²) in [6.45, 7) is 5.91. The molecule has 2 atom stereocenters. The molecule has 2 aliphatic rings. The van der Waals surface area contributed by atoms with Crippen molar-refractivity contribution < 1.29 is 4.79 Å². The molecule has 2 aliphatic heterocycles. The zero-order chi connectivity index (χ0) is 10.8. The van der Waals surface area contributed by atoms with E-state index in [9.17, 15) is 4.79 Å². The average molecular weight is 211 g/mol. The Hall–Kier alpha value is -0.610. The van der Waals surface area contributed by atoms with Crippen molar-refractivity contribution in [3.05, 3.63) is 0 Å². The fourth-order valence-electron chi connectivity index (χ4n) is 2.69. The van der Waals surface area contributed by atoms with Gasteiger partial charge in [0.15, 0.2) is 0 Å². The summed E-state index contributed by atoms with van der Waals surface area (Å²) in [4.78, 5) is 16.3.